The zero-order valence-corrected chi connectivity index (χ0v) is 11.4. The minimum atomic E-state index is -2.82. The fourth-order valence-corrected chi connectivity index (χ4v) is 2.51. The molecule has 0 aliphatic heterocycles. The average Bonchev–Trinajstić information content (AvgIpc) is 2.38. The van der Waals surface area contributed by atoms with Gasteiger partial charge in [-0.2, -0.15) is 8.78 Å². The predicted molar refractivity (Wildman–Crippen MR) is 73.8 cm³/mol. The van der Waals surface area contributed by atoms with E-state index in [-0.39, 0.29) is 5.75 Å². The summed E-state index contributed by atoms with van der Waals surface area (Å²) < 4.78 is 28.4. The number of hydrogen-bond donors (Lipinski definition) is 1. The normalized spacial score (nSPS) is 20.7. The first-order valence-corrected chi connectivity index (χ1v) is 7.08. The van der Waals surface area contributed by atoms with Crippen LogP contribution in [0.1, 0.15) is 50.2 Å². The first kappa shape index (κ1) is 15.0. The molecule has 1 aromatic carbocycles. The van der Waals surface area contributed by atoms with Crippen molar-refractivity contribution in [2.75, 3.05) is 0 Å². The predicted octanol–water partition coefficient (Wildman–Crippen LogP) is 4.60. The highest BCUT2D eigenvalue weighted by atomic mass is 19.3. The second kappa shape index (κ2) is 7.39. The Labute approximate surface area is 118 Å². The number of hydrogen-bond acceptors (Lipinski definition) is 2. The van der Waals surface area contributed by atoms with Crippen LogP contribution < -0.4 is 4.74 Å². The molecule has 4 heteroatoms. The van der Waals surface area contributed by atoms with Crippen LogP contribution in [0.5, 0.6) is 5.75 Å². The first-order chi connectivity index (χ1) is 9.66. The van der Waals surface area contributed by atoms with E-state index in [1.54, 1.807) is 12.1 Å². The summed E-state index contributed by atoms with van der Waals surface area (Å²) in [6.07, 6.45) is 8.08. The molecule has 0 aromatic heterocycles. The maximum absolute atomic E-state index is 12.1. The summed E-state index contributed by atoms with van der Waals surface area (Å²) >= 11 is 0. The third-order valence-corrected chi connectivity index (χ3v) is 3.60. The van der Waals surface area contributed by atoms with E-state index in [0.717, 1.165) is 36.8 Å². The van der Waals surface area contributed by atoms with Crippen molar-refractivity contribution < 1.29 is 18.6 Å². The van der Waals surface area contributed by atoms with Gasteiger partial charge in [0.05, 0.1) is 0 Å². The molecule has 1 aromatic rings. The standard InChI is InChI=1S/C16H20F2O2/c17-16(18)20-14-10-8-13(9-11-14)15(19)12-6-4-2-1-3-5-7-12/h6,8-11,15-16,19H,1-5,7H2/b12-6+. The van der Waals surface area contributed by atoms with Crippen molar-refractivity contribution in [3.8, 4) is 5.75 Å². The lowest BCUT2D eigenvalue weighted by atomic mass is 9.93. The zero-order valence-electron chi connectivity index (χ0n) is 11.4. The number of rotatable bonds is 4. The highest BCUT2D eigenvalue weighted by molar-refractivity contribution is 5.32. The molecule has 1 aliphatic carbocycles. The SMILES string of the molecule is OC(/C1=C/CCCCCC1)c1ccc(OC(F)F)cc1. The van der Waals surface area contributed by atoms with Crippen molar-refractivity contribution in [3.63, 3.8) is 0 Å². The molecule has 1 aliphatic rings. The molecule has 2 rings (SSSR count). The zero-order chi connectivity index (χ0) is 14.4. The summed E-state index contributed by atoms with van der Waals surface area (Å²) in [6, 6.07) is 6.21. The van der Waals surface area contributed by atoms with Gasteiger partial charge in [-0.3, -0.25) is 0 Å². The molecule has 2 nitrogen and oxygen atoms in total. The van der Waals surface area contributed by atoms with Crippen molar-refractivity contribution >= 4 is 0 Å². The van der Waals surface area contributed by atoms with E-state index < -0.39 is 12.7 Å². The van der Waals surface area contributed by atoms with E-state index in [1.807, 2.05) is 0 Å². The van der Waals surface area contributed by atoms with E-state index in [1.165, 1.54) is 25.0 Å². The van der Waals surface area contributed by atoms with Gasteiger partial charge in [0.1, 0.15) is 11.9 Å². The number of allylic oxidation sites excluding steroid dienone is 1. The molecular formula is C16H20F2O2. The van der Waals surface area contributed by atoms with E-state index in [2.05, 4.69) is 10.8 Å². The Hall–Kier alpha value is -1.42. The first-order valence-electron chi connectivity index (χ1n) is 7.08. The van der Waals surface area contributed by atoms with Crippen LogP contribution in [-0.2, 0) is 0 Å². The summed E-state index contributed by atoms with van der Waals surface area (Å²) in [6.45, 7) is -2.82. The number of halogens is 2. The Bertz CT molecular complexity index is 440. The van der Waals surface area contributed by atoms with Gasteiger partial charge in [-0.1, -0.05) is 31.1 Å². The van der Waals surface area contributed by atoms with Gasteiger partial charge < -0.3 is 9.84 Å². The van der Waals surface area contributed by atoms with Gasteiger partial charge in [0, 0.05) is 0 Å². The fraction of sp³-hybridized carbons (Fsp3) is 0.500. The topological polar surface area (TPSA) is 29.5 Å². The summed E-state index contributed by atoms with van der Waals surface area (Å²) in [5.41, 5.74) is 1.76. The van der Waals surface area contributed by atoms with Gasteiger partial charge >= 0.3 is 6.61 Å². The summed E-state index contributed by atoms with van der Waals surface area (Å²) in [5.74, 6) is 0.114. The molecule has 0 saturated carbocycles. The van der Waals surface area contributed by atoms with Crippen LogP contribution in [0.4, 0.5) is 8.78 Å². The smallest absolute Gasteiger partial charge is 0.387 e. The van der Waals surface area contributed by atoms with Crippen LogP contribution >= 0.6 is 0 Å². The molecule has 0 saturated heterocycles. The van der Waals surface area contributed by atoms with Crippen LogP contribution in [0.3, 0.4) is 0 Å². The quantitative estimate of drug-likeness (QED) is 0.818. The van der Waals surface area contributed by atoms with Gasteiger partial charge in [-0.25, -0.2) is 0 Å². The van der Waals surface area contributed by atoms with Crippen LogP contribution in [0.2, 0.25) is 0 Å². The van der Waals surface area contributed by atoms with Crippen molar-refractivity contribution in [2.45, 2.75) is 51.2 Å². The number of aliphatic hydroxyl groups excluding tert-OH is 1. The van der Waals surface area contributed by atoms with Crippen LogP contribution in [0.15, 0.2) is 35.9 Å². The monoisotopic (exact) mass is 282 g/mol. The third-order valence-electron chi connectivity index (χ3n) is 3.60. The Balaban J connectivity index is 2.05. The lowest BCUT2D eigenvalue weighted by Crippen LogP contribution is -2.05. The Morgan fingerprint density at radius 1 is 1.00 bits per heavy atom. The molecule has 0 heterocycles. The summed E-state index contributed by atoms with van der Waals surface area (Å²) in [7, 11) is 0. The molecule has 1 unspecified atom stereocenters. The van der Waals surface area contributed by atoms with E-state index in [0.29, 0.717) is 0 Å². The van der Waals surface area contributed by atoms with Gasteiger partial charge in [0.25, 0.3) is 0 Å². The van der Waals surface area contributed by atoms with Crippen molar-refractivity contribution in [1.82, 2.24) is 0 Å². The highest BCUT2D eigenvalue weighted by Gasteiger charge is 2.14. The average molecular weight is 282 g/mol. The van der Waals surface area contributed by atoms with Crippen molar-refractivity contribution in [1.29, 1.82) is 0 Å². The van der Waals surface area contributed by atoms with E-state index >= 15 is 0 Å². The minimum Gasteiger partial charge on any atom is -0.435 e. The largest absolute Gasteiger partial charge is 0.435 e. The van der Waals surface area contributed by atoms with Crippen LogP contribution in [0, 0.1) is 0 Å². The molecular weight excluding hydrogens is 262 g/mol. The van der Waals surface area contributed by atoms with E-state index in [4.69, 9.17) is 0 Å². The molecule has 110 valence electrons. The summed E-state index contributed by atoms with van der Waals surface area (Å²) in [4.78, 5) is 0. The van der Waals surface area contributed by atoms with Crippen LogP contribution in [0.25, 0.3) is 0 Å². The lowest BCUT2D eigenvalue weighted by Gasteiger charge is -2.18. The second-order valence-electron chi connectivity index (χ2n) is 5.08. The van der Waals surface area contributed by atoms with Gasteiger partial charge in [0.15, 0.2) is 0 Å². The maximum atomic E-state index is 12.1. The Kier molecular flexibility index (Phi) is 5.53. The Morgan fingerprint density at radius 3 is 2.40 bits per heavy atom. The second-order valence-corrected chi connectivity index (χ2v) is 5.08. The van der Waals surface area contributed by atoms with Crippen molar-refractivity contribution in [3.05, 3.63) is 41.5 Å². The van der Waals surface area contributed by atoms with Gasteiger partial charge in [0.2, 0.25) is 0 Å². The fourth-order valence-electron chi connectivity index (χ4n) is 2.51. The number of ether oxygens (including phenoxy) is 1. The minimum absolute atomic E-state index is 0.114. The maximum Gasteiger partial charge on any atom is 0.387 e. The third kappa shape index (κ3) is 4.30. The van der Waals surface area contributed by atoms with E-state index in [9.17, 15) is 13.9 Å². The Morgan fingerprint density at radius 2 is 1.70 bits per heavy atom. The van der Waals surface area contributed by atoms with Crippen LogP contribution in [-0.4, -0.2) is 11.7 Å². The number of alkyl halides is 2. The highest BCUT2D eigenvalue weighted by Crippen LogP contribution is 2.29. The molecule has 0 radical (unpaired) electrons. The molecule has 1 atom stereocenters. The van der Waals surface area contributed by atoms with Crippen molar-refractivity contribution in [2.24, 2.45) is 0 Å². The van der Waals surface area contributed by atoms with Gasteiger partial charge in [-0.05, 0) is 49.0 Å². The molecule has 0 spiro atoms. The molecule has 1 N–H and O–H groups in total. The molecule has 0 bridgehead atoms. The lowest BCUT2D eigenvalue weighted by molar-refractivity contribution is -0.0498. The molecule has 20 heavy (non-hydrogen) atoms. The van der Waals surface area contributed by atoms with Gasteiger partial charge in [-0.15, -0.1) is 0 Å². The number of aliphatic hydroxyl groups is 1. The molecule has 0 fully saturated rings. The summed E-state index contributed by atoms with van der Waals surface area (Å²) in [5, 5.41) is 10.4. The number of benzene rings is 1. The molecule has 0 amide bonds.